The van der Waals surface area contributed by atoms with E-state index in [-0.39, 0.29) is 12.1 Å². The Morgan fingerprint density at radius 2 is 2.33 bits per heavy atom. The second-order valence-electron chi connectivity index (χ2n) is 6.06. The number of nitrogens with zero attached hydrogens (tertiary/aromatic N) is 1. The van der Waals surface area contributed by atoms with Crippen molar-refractivity contribution in [1.82, 2.24) is 9.62 Å². The van der Waals surface area contributed by atoms with Crippen LogP contribution in [0.4, 0.5) is 0 Å². The van der Waals surface area contributed by atoms with Crippen molar-refractivity contribution in [2.75, 3.05) is 26.0 Å². The molecule has 0 spiro atoms. The number of hydrogen-bond acceptors (Lipinski definition) is 5. The quantitative estimate of drug-likeness (QED) is 0.903. The van der Waals surface area contributed by atoms with Crippen molar-refractivity contribution in [2.24, 2.45) is 5.92 Å². The summed E-state index contributed by atoms with van der Waals surface area (Å²) >= 11 is 1.70. The molecule has 3 rings (SSSR count). The Bertz CT molecular complexity index is 559. The van der Waals surface area contributed by atoms with E-state index in [0.717, 1.165) is 32.5 Å². The van der Waals surface area contributed by atoms with Gasteiger partial charge in [0.1, 0.15) is 0 Å². The molecule has 5 nitrogen and oxygen atoms in total. The van der Waals surface area contributed by atoms with Gasteiger partial charge in [0.15, 0.2) is 0 Å². The van der Waals surface area contributed by atoms with Gasteiger partial charge >= 0.3 is 0 Å². The minimum atomic E-state index is -3.21. The molecule has 3 atom stereocenters. The Morgan fingerprint density at radius 1 is 1.48 bits per heavy atom. The third-order valence-electron chi connectivity index (χ3n) is 4.19. The molecule has 0 unspecified atom stereocenters. The number of sulfonamides is 1. The molecule has 1 aromatic heterocycles. The van der Waals surface area contributed by atoms with Crippen molar-refractivity contribution in [1.29, 1.82) is 0 Å². The molecular formula is C14H22N2O3S2. The van der Waals surface area contributed by atoms with Crippen molar-refractivity contribution < 1.29 is 13.2 Å². The van der Waals surface area contributed by atoms with Crippen LogP contribution in [-0.2, 0) is 21.3 Å². The van der Waals surface area contributed by atoms with E-state index < -0.39 is 10.0 Å². The summed E-state index contributed by atoms with van der Waals surface area (Å²) in [5.41, 5.74) is 1.30. The van der Waals surface area contributed by atoms with E-state index in [1.165, 1.54) is 11.8 Å². The molecule has 118 valence electrons. The predicted molar refractivity (Wildman–Crippen MR) is 83.8 cm³/mol. The van der Waals surface area contributed by atoms with Gasteiger partial charge in [0, 0.05) is 26.2 Å². The highest BCUT2D eigenvalue weighted by Crippen LogP contribution is 2.29. The van der Waals surface area contributed by atoms with Crippen LogP contribution in [0.15, 0.2) is 16.8 Å². The molecule has 0 amide bonds. The van der Waals surface area contributed by atoms with E-state index >= 15 is 0 Å². The standard InChI is InChI=1S/C14H22N2O3S2/c1-21(17,18)15-13-9-16(7-11-4-6-20-10-11)8-12-3-2-5-19-14(12)13/h4,6,10,12-15H,2-3,5,7-9H2,1H3/t12-,13+,14-/m0/s1. The molecule has 3 heterocycles. The fourth-order valence-corrected chi connectivity index (χ4v) is 4.86. The SMILES string of the molecule is CS(=O)(=O)N[C@@H]1CN(Cc2ccsc2)C[C@@H]2CCCO[C@@H]21. The molecule has 1 aromatic rings. The molecule has 2 saturated heterocycles. The second kappa shape index (κ2) is 6.34. The minimum Gasteiger partial charge on any atom is -0.376 e. The molecule has 2 aliphatic heterocycles. The molecule has 0 aliphatic carbocycles. The van der Waals surface area contributed by atoms with Crippen molar-refractivity contribution in [3.63, 3.8) is 0 Å². The first kappa shape index (κ1) is 15.4. The Hall–Kier alpha value is -0.470. The molecule has 2 fully saturated rings. The van der Waals surface area contributed by atoms with Gasteiger partial charge in [0.2, 0.25) is 10.0 Å². The highest BCUT2D eigenvalue weighted by atomic mass is 32.2. The van der Waals surface area contributed by atoms with Crippen LogP contribution < -0.4 is 4.72 Å². The average molecular weight is 330 g/mol. The first-order chi connectivity index (χ1) is 10.0. The summed E-state index contributed by atoms with van der Waals surface area (Å²) in [5, 5.41) is 4.24. The fourth-order valence-electron chi connectivity index (χ4n) is 3.44. The summed E-state index contributed by atoms with van der Waals surface area (Å²) in [7, 11) is -3.21. The summed E-state index contributed by atoms with van der Waals surface area (Å²) in [6.45, 7) is 3.33. The lowest BCUT2D eigenvalue weighted by molar-refractivity contribution is -0.0823. The van der Waals surface area contributed by atoms with Gasteiger partial charge in [-0.15, -0.1) is 0 Å². The lowest BCUT2D eigenvalue weighted by atomic mass is 9.85. The van der Waals surface area contributed by atoms with Crippen LogP contribution in [0.1, 0.15) is 18.4 Å². The molecule has 7 heteroatoms. The van der Waals surface area contributed by atoms with Crippen LogP contribution >= 0.6 is 11.3 Å². The maximum absolute atomic E-state index is 11.6. The lowest BCUT2D eigenvalue weighted by Crippen LogP contribution is -2.60. The Kier molecular flexibility index (Phi) is 4.66. The zero-order valence-corrected chi connectivity index (χ0v) is 13.8. The van der Waals surface area contributed by atoms with Crippen molar-refractivity contribution >= 4 is 21.4 Å². The number of fused-ring (bicyclic) bond motifs is 1. The Balaban J connectivity index is 1.73. The molecule has 0 saturated carbocycles. The van der Waals surface area contributed by atoms with Crippen molar-refractivity contribution in [2.45, 2.75) is 31.5 Å². The van der Waals surface area contributed by atoms with Crippen LogP contribution in [0.3, 0.4) is 0 Å². The normalized spacial score (nSPS) is 31.0. The van der Waals surface area contributed by atoms with Gasteiger partial charge in [0.25, 0.3) is 0 Å². The van der Waals surface area contributed by atoms with Crippen LogP contribution in [0, 0.1) is 5.92 Å². The third kappa shape index (κ3) is 4.04. The molecule has 0 radical (unpaired) electrons. The van der Waals surface area contributed by atoms with E-state index in [1.807, 2.05) is 0 Å². The van der Waals surface area contributed by atoms with Gasteiger partial charge in [-0.3, -0.25) is 4.90 Å². The van der Waals surface area contributed by atoms with Gasteiger partial charge in [-0.2, -0.15) is 11.3 Å². The highest BCUT2D eigenvalue weighted by Gasteiger charge is 2.40. The van der Waals surface area contributed by atoms with E-state index in [2.05, 4.69) is 26.4 Å². The number of thiophene rings is 1. The van der Waals surface area contributed by atoms with E-state index in [4.69, 9.17) is 4.74 Å². The predicted octanol–water partition coefficient (Wildman–Crippen LogP) is 1.28. The summed E-state index contributed by atoms with van der Waals surface area (Å²) in [5.74, 6) is 0.422. The minimum absolute atomic E-state index is 0.0206. The van der Waals surface area contributed by atoms with E-state index in [0.29, 0.717) is 12.5 Å². The van der Waals surface area contributed by atoms with Crippen molar-refractivity contribution in [3.05, 3.63) is 22.4 Å². The smallest absolute Gasteiger partial charge is 0.209 e. The number of piperidine rings is 1. The fraction of sp³-hybridized carbons (Fsp3) is 0.714. The average Bonchev–Trinajstić information content (AvgIpc) is 2.90. The lowest BCUT2D eigenvalue weighted by Gasteiger charge is -2.45. The Morgan fingerprint density at radius 3 is 3.05 bits per heavy atom. The number of nitrogens with one attached hydrogen (secondary N) is 1. The van der Waals surface area contributed by atoms with Gasteiger partial charge in [0.05, 0.1) is 18.4 Å². The first-order valence-corrected chi connectivity index (χ1v) is 10.2. The Labute approximate surface area is 130 Å². The number of likely N-dealkylation sites (tertiary alicyclic amines) is 1. The maximum Gasteiger partial charge on any atom is 0.209 e. The number of ether oxygens (including phenoxy) is 1. The number of rotatable bonds is 4. The first-order valence-electron chi connectivity index (χ1n) is 7.33. The number of hydrogen-bond donors (Lipinski definition) is 1. The summed E-state index contributed by atoms with van der Waals surface area (Å²) < 4.78 is 31.9. The largest absolute Gasteiger partial charge is 0.376 e. The molecule has 2 aliphatic rings. The van der Waals surface area contributed by atoms with Crippen LogP contribution in [0.2, 0.25) is 0 Å². The van der Waals surface area contributed by atoms with E-state index in [1.54, 1.807) is 11.3 Å². The van der Waals surface area contributed by atoms with Gasteiger partial charge in [-0.25, -0.2) is 13.1 Å². The molecular weight excluding hydrogens is 308 g/mol. The zero-order valence-electron chi connectivity index (χ0n) is 12.2. The topological polar surface area (TPSA) is 58.6 Å². The second-order valence-corrected chi connectivity index (χ2v) is 8.62. The molecule has 0 aromatic carbocycles. The summed E-state index contributed by atoms with van der Waals surface area (Å²) in [6, 6.07) is 1.99. The molecule has 0 bridgehead atoms. The highest BCUT2D eigenvalue weighted by molar-refractivity contribution is 7.88. The van der Waals surface area contributed by atoms with Crippen LogP contribution in [0.5, 0.6) is 0 Å². The van der Waals surface area contributed by atoms with E-state index in [9.17, 15) is 8.42 Å². The van der Waals surface area contributed by atoms with Gasteiger partial charge < -0.3 is 4.74 Å². The summed E-state index contributed by atoms with van der Waals surface area (Å²) in [4.78, 5) is 2.35. The molecule has 1 N–H and O–H groups in total. The molecule has 21 heavy (non-hydrogen) atoms. The van der Waals surface area contributed by atoms with Gasteiger partial charge in [-0.05, 0) is 41.1 Å². The van der Waals surface area contributed by atoms with Crippen LogP contribution in [-0.4, -0.2) is 51.4 Å². The summed E-state index contributed by atoms with van der Waals surface area (Å²) in [6.07, 6.45) is 3.43. The third-order valence-corrected chi connectivity index (χ3v) is 5.65. The zero-order chi connectivity index (χ0) is 14.9. The monoisotopic (exact) mass is 330 g/mol. The van der Waals surface area contributed by atoms with Crippen molar-refractivity contribution in [3.8, 4) is 0 Å². The van der Waals surface area contributed by atoms with Gasteiger partial charge in [-0.1, -0.05) is 0 Å². The van der Waals surface area contributed by atoms with Crippen LogP contribution in [0.25, 0.3) is 0 Å². The maximum atomic E-state index is 11.6.